The van der Waals surface area contributed by atoms with Crippen LogP contribution in [-0.2, 0) is 0 Å². The van der Waals surface area contributed by atoms with Crippen LogP contribution >= 0.6 is 27.5 Å². The van der Waals surface area contributed by atoms with Gasteiger partial charge >= 0.3 is 0 Å². The molecule has 0 bridgehead atoms. The van der Waals surface area contributed by atoms with Crippen molar-refractivity contribution in [2.24, 2.45) is 0 Å². The van der Waals surface area contributed by atoms with Crippen molar-refractivity contribution < 1.29 is 4.79 Å². The average molecular weight is 320 g/mol. The summed E-state index contributed by atoms with van der Waals surface area (Å²) >= 11 is 9.02. The predicted molar refractivity (Wildman–Crippen MR) is 73.4 cm³/mol. The molecule has 0 aliphatic heterocycles. The first-order valence-corrected chi connectivity index (χ1v) is 6.88. The largest absolute Gasteiger partial charge is 0.335 e. The van der Waals surface area contributed by atoms with Crippen LogP contribution < -0.4 is 0 Å². The summed E-state index contributed by atoms with van der Waals surface area (Å²) in [4.78, 5) is 18.2. The van der Waals surface area contributed by atoms with Crippen molar-refractivity contribution in [1.82, 2.24) is 9.88 Å². The number of carbonyl (C=O) groups excluding carboxylic acids is 1. The Hall–Kier alpha value is -0.610. The van der Waals surface area contributed by atoms with Gasteiger partial charge in [0.05, 0.1) is 0 Å². The van der Waals surface area contributed by atoms with Gasteiger partial charge in [0, 0.05) is 29.1 Å². The first-order chi connectivity index (χ1) is 8.07. The minimum absolute atomic E-state index is 0.0578. The number of pyridine rings is 1. The molecule has 1 amide bonds. The SMILES string of the molecule is CC(C)N(CCCCl)C(=O)c1ncccc1Br. The highest BCUT2D eigenvalue weighted by Crippen LogP contribution is 2.17. The highest BCUT2D eigenvalue weighted by molar-refractivity contribution is 9.10. The van der Waals surface area contributed by atoms with Crippen molar-refractivity contribution in [1.29, 1.82) is 0 Å². The zero-order valence-corrected chi connectivity index (χ0v) is 12.3. The van der Waals surface area contributed by atoms with E-state index in [0.717, 1.165) is 10.9 Å². The first kappa shape index (κ1) is 14.5. The molecule has 0 radical (unpaired) electrons. The number of nitrogens with zero attached hydrogens (tertiary/aromatic N) is 2. The van der Waals surface area contributed by atoms with Crippen LogP contribution in [0.25, 0.3) is 0 Å². The molecule has 0 saturated heterocycles. The number of carbonyl (C=O) groups is 1. The standard InChI is InChI=1S/C12H16BrClN2O/c1-9(2)16(8-4-6-14)12(17)11-10(13)5-3-7-15-11/h3,5,7,9H,4,6,8H2,1-2H3. The number of alkyl halides is 1. The molecule has 0 fully saturated rings. The molecule has 17 heavy (non-hydrogen) atoms. The van der Waals surface area contributed by atoms with Crippen LogP contribution in [0.4, 0.5) is 0 Å². The van der Waals surface area contributed by atoms with Crippen LogP contribution in [0.2, 0.25) is 0 Å². The number of amides is 1. The maximum absolute atomic E-state index is 12.3. The van der Waals surface area contributed by atoms with Crippen molar-refractivity contribution >= 4 is 33.4 Å². The molecule has 1 rings (SSSR count). The number of rotatable bonds is 5. The van der Waals surface area contributed by atoms with Crippen molar-refractivity contribution in [2.75, 3.05) is 12.4 Å². The lowest BCUT2D eigenvalue weighted by molar-refractivity contribution is 0.0699. The lowest BCUT2D eigenvalue weighted by atomic mass is 10.2. The fraction of sp³-hybridized carbons (Fsp3) is 0.500. The molecule has 1 aromatic rings. The highest BCUT2D eigenvalue weighted by Gasteiger charge is 2.21. The van der Waals surface area contributed by atoms with Crippen LogP contribution in [0.5, 0.6) is 0 Å². The van der Waals surface area contributed by atoms with Crippen molar-refractivity contribution in [3.8, 4) is 0 Å². The van der Waals surface area contributed by atoms with Gasteiger partial charge in [-0.05, 0) is 48.3 Å². The third kappa shape index (κ3) is 3.96. The van der Waals surface area contributed by atoms with Crippen LogP contribution in [0.15, 0.2) is 22.8 Å². The number of halogens is 2. The minimum atomic E-state index is -0.0578. The summed E-state index contributed by atoms with van der Waals surface area (Å²) in [6.45, 7) is 4.63. The smallest absolute Gasteiger partial charge is 0.273 e. The summed E-state index contributed by atoms with van der Waals surface area (Å²) in [5, 5.41) is 0. The van der Waals surface area contributed by atoms with Crippen molar-refractivity contribution in [3.05, 3.63) is 28.5 Å². The van der Waals surface area contributed by atoms with Crippen LogP contribution in [-0.4, -0.2) is 34.3 Å². The normalized spacial score (nSPS) is 10.6. The molecule has 0 aliphatic carbocycles. The third-order valence-electron chi connectivity index (χ3n) is 2.38. The van der Waals surface area contributed by atoms with Gasteiger partial charge in [0.1, 0.15) is 5.69 Å². The van der Waals surface area contributed by atoms with Gasteiger partial charge in [0.2, 0.25) is 0 Å². The van der Waals surface area contributed by atoms with Gasteiger partial charge in [0.25, 0.3) is 5.91 Å². The topological polar surface area (TPSA) is 33.2 Å². The second-order valence-electron chi connectivity index (χ2n) is 3.97. The van der Waals surface area contributed by atoms with E-state index in [9.17, 15) is 4.79 Å². The third-order valence-corrected chi connectivity index (χ3v) is 3.29. The molecule has 0 N–H and O–H groups in total. The van der Waals surface area contributed by atoms with Crippen LogP contribution in [0.3, 0.4) is 0 Å². The Labute approximate surface area is 115 Å². The van der Waals surface area contributed by atoms with E-state index in [4.69, 9.17) is 11.6 Å². The van der Waals surface area contributed by atoms with E-state index in [1.54, 1.807) is 17.2 Å². The second-order valence-corrected chi connectivity index (χ2v) is 5.20. The Bertz CT molecular complexity index is 385. The van der Waals surface area contributed by atoms with Gasteiger partial charge in [-0.15, -0.1) is 11.6 Å². The maximum Gasteiger partial charge on any atom is 0.273 e. The van der Waals surface area contributed by atoms with E-state index in [1.165, 1.54) is 0 Å². The number of hydrogen-bond acceptors (Lipinski definition) is 2. The fourth-order valence-corrected chi connectivity index (χ4v) is 2.05. The summed E-state index contributed by atoms with van der Waals surface area (Å²) in [5.74, 6) is 0.498. The van der Waals surface area contributed by atoms with Crippen molar-refractivity contribution in [3.63, 3.8) is 0 Å². The molecule has 94 valence electrons. The van der Waals surface area contributed by atoms with E-state index in [1.807, 2.05) is 19.9 Å². The Kier molecular flexibility index (Phi) is 5.92. The molecule has 0 atom stereocenters. The molecular formula is C12H16BrClN2O. The van der Waals surface area contributed by atoms with Gasteiger partial charge in [-0.2, -0.15) is 0 Å². The molecule has 3 nitrogen and oxygen atoms in total. The summed E-state index contributed by atoms with van der Waals surface area (Å²) in [5.41, 5.74) is 0.454. The number of aromatic nitrogens is 1. The first-order valence-electron chi connectivity index (χ1n) is 5.55. The van der Waals surface area contributed by atoms with E-state index >= 15 is 0 Å². The highest BCUT2D eigenvalue weighted by atomic mass is 79.9. The van der Waals surface area contributed by atoms with E-state index in [0.29, 0.717) is 18.1 Å². The quantitative estimate of drug-likeness (QED) is 0.780. The van der Waals surface area contributed by atoms with E-state index in [2.05, 4.69) is 20.9 Å². The molecule has 1 heterocycles. The number of hydrogen-bond donors (Lipinski definition) is 0. The van der Waals surface area contributed by atoms with Gasteiger partial charge in [-0.1, -0.05) is 0 Å². The summed E-state index contributed by atoms with van der Waals surface area (Å²) in [7, 11) is 0. The predicted octanol–water partition coefficient (Wildman–Crippen LogP) is 3.32. The maximum atomic E-state index is 12.3. The monoisotopic (exact) mass is 318 g/mol. The summed E-state index contributed by atoms with van der Waals surface area (Å²) in [6, 6.07) is 3.75. The van der Waals surface area contributed by atoms with Crippen LogP contribution in [0, 0.1) is 0 Å². The molecule has 0 aliphatic rings. The van der Waals surface area contributed by atoms with Crippen LogP contribution in [0.1, 0.15) is 30.8 Å². The Morgan fingerprint density at radius 3 is 2.82 bits per heavy atom. The Morgan fingerprint density at radius 1 is 1.59 bits per heavy atom. The molecule has 5 heteroatoms. The lowest BCUT2D eigenvalue weighted by Gasteiger charge is -2.26. The molecule has 1 aromatic heterocycles. The summed E-state index contributed by atoms with van der Waals surface area (Å²) in [6.07, 6.45) is 2.41. The second kappa shape index (κ2) is 6.97. The zero-order valence-electron chi connectivity index (χ0n) is 9.99. The molecule has 0 unspecified atom stereocenters. The van der Waals surface area contributed by atoms with Gasteiger partial charge < -0.3 is 4.90 Å². The van der Waals surface area contributed by atoms with E-state index < -0.39 is 0 Å². The Morgan fingerprint density at radius 2 is 2.29 bits per heavy atom. The lowest BCUT2D eigenvalue weighted by Crippen LogP contribution is -2.38. The minimum Gasteiger partial charge on any atom is -0.335 e. The summed E-state index contributed by atoms with van der Waals surface area (Å²) < 4.78 is 0.724. The molecule has 0 saturated carbocycles. The molecule has 0 spiro atoms. The van der Waals surface area contributed by atoms with Gasteiger partial charge in [0.15, 0.2) is 0 Å². The molecule has 0 aromatic carbocycles. The van der Waals surface area contributed by atoms with Crippen molar-refractivity contribution in [2.45, 2.75) is 26.3 Å². The van der Waals surface area contributed by atoms with Gasteiger partial charge in [-0.3, -0.25) is 4.79 Å². The Balaban J connectivity index is 2.88. The zero-order chi connectivity index (χ0) is 12.8. The fourth-order valence-electron chi connectivity index (χ4n) is 1.50. The average Bonchev–Trinajstić information content (AvgIpc) is 2.29. The van der Waals surface area contributed by atoms with E-state index in [-0.39, 0.29) is 11.9 Å². The molecular weight excluding hydrogens is 304 g/mol. The van der Waals surface area contributed by atoms with Gasteiger partial charge in [-0.25, -0.2) is 4.98 Å².